The Labute approximate surface area is 378 Å². The number of carbonyl (C=O) groups is 5. The molecule has 2 aliphatic heterocycles. The summed E-state index contributed by atoms with van der Waals surface area (Å²) in [6.07, 6.45) is 6.54. The van der Waals surface area contributed by atoms with Gasteiger partial charge in [0.2, 0.25) is 17.7 Å². The number of urea groups is 1. The second-order valence-electron chi connectivity index (χ2n) is 16.3. The zero-order chi connectivity index (χ0) is 46.0. The SMILES string of the molecule is O=C1CCC(N2Cc3cc(CNC(=O)NCCOCCOCCCCc4ccc(-n5cc(NC(=O)c6coc(-c7ccnc(NCC8CC8)c7)n6)c(C(F)F)n5)cc4)ccc3C2=O)C(=O)N1. The Morgan fingerprint density at radius 2 is 1.73 bits per heavy atom. The van der Waals surface area contributed by atoms with Gasteiger partial charge in [-0.25, -0.2) is 28.2 Å². The maximum absolute atomic E-state index is 14.0. The van der Waals surface area contributed by atoms with E-state index >= 15 is 0 Å². The third kappa shape index (κ3) is 11.8. The second kappa shape index (κ2) is 21.3. The van der Waals surface area contributed by atoms with Gasteiger partial charge in [-0.2, -0.15) is 5.10 Å². The van der Waals surface area contributed by atoms with Gasteiger partial charge in [0.25, 0.3) is 18.2 Å². The number of halogens is 2. The van der Waals surface area contributed by atoms with E-state index in [0.717, 1.165) is 42.5 Å². The summed E-state index contributed by atoms with van der Waals surface area (Å²) in [7, 11) is 0. The van der Waals surface area contributed by atoms with Crippen LogP contribution >= 0.6 is 0 Å². The van der Waals surface area contributed by atoms with Gasteiger partial charge in [0.15, 0.2) is 11.4 Å². The summed E-state index contributed by atoms with van der Waals surface area (Å²) in [4.78, 5) is 72.2. The number of nitrogens with one attached hydrogen (secondary N) is 5. The standard InChI is InChI=1S/C46H50F2N10O8/c47-41(48)40-35(53-42(60)36-27-66-44(54-36)31-14-15-49-38(22-31)51-23-29-4-5-29)26-58(56-40)33-9-6-28(7-10-33)3-1-2-17-64-19-20-65-18-16-50-46(63)52-24-30-8-11-34-32(21-30)25-57(45(34)62)37-12-13-39(59)55-43(37)61/h6-11,14-15,21-22,26-27,29,37,41H,1-5,12-13,16-20,23-25H2,(H,49,51)(H,53,60)(H2,50,52,63)(H,55,59,61). The molecule has 3 aliphatic rings. The highest BCUT2D eigenvalue weighted by Gasteiger charge is 2.39. The van der Waals surface area contributed by atoms with E-state index in [1.165, 1.54) is 34.9 Å². The molecule has 2 aromatic carbocycles. The van der Waals surface area contributed by atoms with Gasteiger partial charge in [-0.1, -0.05) is 24.3 Å². The highest BCUT2D eigenvalue weighted by atomic mass is 19.3. The minimum Gasteiger partial charge on any atom is -0.444 e. The summed E-state index contributed by atoms with van der Waals surface area (Å²) in [5.74, 6) is -0.239. The number of ether oxygens (including phenoxy) is 2. The molecule has 66 heavy (non-hydrogen) atoms. The molecule has 1 atom stereocenters. The first kappa shape index (κ1) is 45.5. The number of imide groups is 1. The van der Waals surface area contributed by atoms with E-state index in [1.54, 1.807) is 42.6 Å². The van der Waals surface area contributed by atoms with E-state index < -0.39 is 30.0 Å². The number of rotatable bonds is 22. The lowest BCUT2D eigenvalue weighted by atomic mass is 10.0. The average molecular weight is 909 g/mol. The smallest absolute Gasteiger partial charge is 0.315 e. The minimum absolute atomic E-state index is 0.0746. The van der Waals surface area contributed by atoms with Gasteiger partial charge in [0, 0.05) is 56.5 Å². The number of hydrogen-bond acceptors (Lipinski definition) is 12. The van der Waals surface area contributed by atoms with Gasteiger partial charge in [-0.05, 0) is 91.5 Å². The largest absolute Gasteiger partial charge is 0.444 e. The van der Waals surface area contributed by atoms with Crippen molar-refractivity contribution in [3.05, 3.63) is 107 Å². The molecule has 0 radical (unpaired) electrons. The lowest BCUT2D eigenvalue weighted by molar-refractivity contribution is -0.136. The van der Waals surface area contributed by atoms with Crippen LogP contribution in [0.1, 0.15) is 88.2 Å². The number of pyridine rings is 1. The molecule has 6 amide bonds. The highest BCUT2D eigenvalue weighted by molar-refractivity contribution is 6.05. The Morgan fingerprint density at radius 3 is 2.52 bits per heavy atom. The predicted octanol–water partition coefficient (Wildman–Crippen LogP) is 5.55. The van der Waals surface area contributed by atoms with Crippen LogP contribution in [-0.4, -0.2) is 99.9 Å². The Bertz CT molecular complexity index is 2540. The Balaban J connectivity index is 0.681. The first-order valence-electron chi connectivity index (χ1n) is 22.0. The lowest BCUT2D eigenvalue weighted by Gasteiger charge is -2.29. The molecule has 5 aromatic rings. The van der Waals surface area contributed by atoms with Crippen LogP contribution in [0.3, 0.4) is 0 Å². The number of fused-ring (bicyclic) bond motifs is 1. The van der Waals surface area contributed by atoms with Gasteiger partial charge in [0.1, 0.15) is 18.1 Å². The number of nitrogens with zero attached hydrogens (tertiary/aromatic N) is 5. The molecule has 1 unspecified atom stereocenters. The molecule has 0 bridgehead atoms. The van der Waals surface area contributed by atoms with Crippen molar-refractivity contribution >= 4 is 41.2 Å². The van der Waals surface area contributed by atoms with Crippen molar-refractivity contribution in [3.8, 4) is 17.1 Å². The van der Waals surface area contributed by atoms with Crippen LogP contribution in [0.15, 0.2) is 77.7 Å². The van der Waals surface area contributed by atoms with Gasteiger partial charge in [-0.15, -0.1) is 0 Å². The first-order valence-corrected chi connectivity index (χ1v) is 22.0. The topological polar surface area (TPSA) is 224 Å². The van der Waals surface area contributed by atoms with Crippen molar-refractivity contribution in [2.75, 3.05) is 50.2 Å². The van der Waals surface area contributed by atoms with Crippen molar-refractivity contribution in [1.82, 2.24) is 40.6 Å². The number of amides is 6. The zero-order valence-electron chi connectivity index (χ0n) is 36.0. The quantitative estimate of drug-likeness (QED) is 0.0426. The summed E-state index contributed by atoms with van der Waals surface area (Å²) >= 11 is 0. The van der Waals surface area contributed by atoms with E-state index in [-0.39, 0.29) is 54.6 Å². The van der Waals surface area contributed by atoms with Crippen molar-refractivity contribution in [1.29, 1.82) is 0 Å². The van der Waals surface area contributed by atoms with E-state index in [4.69, 9.17) is 13.9 Å². The zero-order valence-corrected chi connectivity index (χ0v) is 36.0. The third-order valence-electron chi connectivity index (χ3n) is 11.4. The maximum atomic E-state index is 14.0. The van der Waals surface area contributed by atoms with Crippen molar-refractivity contribution in [2.24, 2.45) is 5.92 Å². The van der Waals surface area contributed by atoms with Crippen LogP contribution < -0.4 is 26.6 Å². The molecular formula is C46H50F2N10O8. The fourth-order valence-electron chi connectivity index (χ4n) is 7.59. The number of hydrogen-bond donors (Lipinski definition) is 5. The molecule has 346 valence electrons. The van der Waals surface area contributed by atoms with E-state index in [0.29, 0.717) is 67.9 Å². The molecule has 2 fully saturated rings. The molecule has 5 N–H and O–H groups in total. The molecule has 3 aromatic heterocycles. The molecule has 1 saturated heterocycles. The normalized spacial score (nSPS) is 15.8. The Hall–Kier alpha value is -7.06. The number of piperidine rings is 1. The third-order valence-corrected chi connectivity index (χ3v) is 11.4. The van der Waals surface area contributed by atoms with Crippen LogP contribution in [0.2, 0.25) is 0 Å². The predicted molar refractivity (Wildman–Crippen MR) is 235 cm³/mol. The molecule has 8 rings (SSSR count). The van der Waals surface area contributed by atoms with Crippen LogP contribution in [0.25, 0.3) is 17.1 Å². The maximum Gasteiger partial charge on any atom is 0.315 e. The van der Waals surface area contributed by atoms with E-state index in [1.807, 2.05) is 18.2 Å². The number of alkyl halides is 2. The van der Waals surface area contributed by atoms with Gasteiger partial charge < -0.3 is 40.1 Å². The summed E-state index contributed by atoms with van der Waals surface area (Å²) in [5, 5.41) is 17.7. The van der Waals surface area contributed by atoms with Gasteiger partial charge in [0.05, 0.1) is 37.4 Å². The number of carbonyl (C=O) groups excluding carboxylic acids is 5. The molecule has 1 saturated carbocycles. The number of aromatic nitrogens is 4. The fraction of sp³-hybridized carbons (Fsp3) is 0.391. The molecule has 5 heterocycles. The van der Waals surface area contributed by atoms with Crippen LogP contribution in [0.5, 0.6) is 0 Å². The van der Waals surface area contributed by atoms with Gasteiger partial charge in [-0.3, -0.25) is 24.5 Å². The van der Waals surface area contributed by atoms with Crippen LogP contribution in [0.4, 0.5) is 25.1 Å². The fourth-order valence-corrected chi connectivity index (χ4v) is 7.59. The first-order chi connectivity index (χ1) is 32.1. The number of unbranched alkanes of at least 4 members (excludes halogenated alkanes) is 1. The Morgan fingerprint density at radius 1 is 0.924 bits per heavy atom. The lowest BCUT2D eigenvalue weighted by Crippen LogP contribution is -2.52. The monoisotopic (exact) mass is 908 g/mol. The summed E-state index contributed by atoms with van der Waals surface area (Å²) in [5.41, 5.74) is 3.51. The average Bonchev–Trinajstić information content (AvgIpc) is 3.67. The Kier molecular flexibility index (Phi) is 14.7. The molecule has 18 nitrogen and oxygen atoms in total. The highest BCUT2D eigenvalue weighted by Crippen LogP contribution is 2.31. The van der Waals surface area contributed by atoms with Crippen LogP contribution in [0, 0.1) is 5.92 Å². The summed E-state index contributed by atoms with van der Waals surface area (Å²) in [6.45, 7) is 3.25. The van der Waals surface area contributed by atoms with Crippen molar-refractivity contribution in [3.63, 3.8) is 0 Å². The summed E-state index contributed by atoms with van der Waals surface area (Å²) in [6, 6.07) is 15.1. The van der Waals surface area contributed by atoms with E-state index in [2.05, 4.69) is 41.7 Å². The number of anilines is 2. The van der Waals surface area contributed by atoms with Gasteiger partial charge >= 0.3 is 6.03 Å². The molecule has 1 aliphatic carbocycles. The van der Waals surface area contributed by atoms with Crippen LogP contribution in [-0.2, 0) is 38.6 Å². The minimum atomic E-state index is -2.94. The second-order valence-corrected chi connectivity index (χ2v) is 16.3. The van der Waals surface area contributed by atoms with Crippen molar-refractivity contribution in [2.45, 2.75) is 70.5 Å². The molecule has 0 spiro atoms. The molecule has 20 heteroatoms. The summed E-state index contributed by atoms with van der Waals surface area (Å²) < 4.78 is 46.2. The van der Waals surface area contributed by atoms with Crippen molar-refractivity contribution < 1.29 is 46.6 Å². The molecular weight excluding hydrogens is 859 g/mol. The van der Waals surface area contributed by atoms with E-state index in [9.17, 15) is 32.8 Å². The number of benzene rings is 2. The number of oxazole rings is 1. The number of aryl methyl sites for hydroxylation is 1.